The van der Waals surface area contributed by atoms with Crippen molar-refractivity contribution in [2.24, 2.45) is 5.92 Å². The number of rotatable bonds is 8. The molecule has 0 spiro atoms. The minimum Gasteiger partial charge on any atom is -0.479 e. The van der Waals surface area contributed by atoms with Crippen LogP contribution in [0.15, 0.2) is 42.9 Å². The summed E-state index contributed by atoms with van der Waals surface area (Å²) in [4.78, 5) is 32.8. The third-order valence-corrected chi connectivity index (χ3v) is 8.36. The van der Waals surface area contributed by atoms with Crippen molar-refractivity contribution < 1.29 is 19.4 Å². The molecule has 2 aliphatic heterocycles. The molecule has 2 saturated heterocycles. The number of likely N-dealkylation sites (tertiary alicyclic amines) is 2. The number of hydrogen-bond acceptors (Lipinski definition) is 9. The number of fused-ring (bicyclic) bond motifs is 1. The van der Waals surface area contributed by atoms with Crippen LogP contribution in [-0.4, -0.2) is 89.1 Å². The molecule has 43 heavy (non-hydrogen) atoms. The maximum Gasteiger partial charge on any atom is 0.229 e. The minimum atomic E-state index is -0.749. The molecule has 1 N–H and O–H groups in total. The van der Waals surface area contributed by atoms with Gasteiger partial charge in [0.1, 0.15) is 28.6 Å². The number of aliphatic hydroxyl groups excluding tert-OH is 1. The fraction of sp³-hybridized carbons (Fsp3) is 0.433. The van der Waals surface area contributed by atoms with Crippen LogP contribution in [0.3, 0.4) is 0 Å². The van der Waals surface area contributed by atoms with Crippen molar-refractivity contribution in [1.29, 1.82) is 5.26 Å². The summed E-state index contributed by atoms with van der Waals surface area (Å²) >= 11 is 0. The van der Waals surface area contributed by atoms with Crippen LogP contribution in [0.1, 0.15) is 55.3 Å². The monoisotopic (exact) mass is 583 g/mol. The Hall–Kier alpha value is -4.83. The van der Waals surface area contributed by atoms with E-state index < -0.39 is 6.10 Å². The molecular weight excluding hydrogens is 550 g/mol. The summed E-state index contributed by atoms with van der Waals surface area (Å²) in [6, 6.07) is 9.40. The number of aliphatic hydroxyl groups is 1. The van der Waals surface area contributed by atoms with Crippen LogP contribution >= 0.6 is 0 Å². The van der Waals surface area contributed by atoms with Crippen LogP contribution in [0.25, 0.3) is 16.8 Å². The molecule has 0 radical (unpaired) electrons. The number of hydrogen-bond donors (Lipinski definition) is 1. The SMILES string of the molecule is CCC(=O)N1CC(C(=O)N2CCC(n3nnc(-c4cc(OC(CO)c5ccccn5)c5c(C#N)cnn5c4)c3C)CC2)C1. The lowest BCUT2D eigenvalue weighted by atomic mass is 9.95. The molecule has 6 rings (SSSR count). The van der Waals surface area contributed by atoms with Gasteiger partial charge in [-0.2, -0.15) is 10.4 Å². The Labute approximate surface area is 248 Å². The number of aromatic nitrogens is 6. The lowest BCUT2D eigenvalue weighted by molar-refractivity contribution is -0.149. The number of amides is 2. The Kier molecular flexibility index (Phi) is 7.77. The van der Waals surface area contributed by atoms with E-state index in [-0.39, 0.29) is 30.4 Å². The van der Waals surface area contributed by atoms with E-state index in [1.807, 2.05) is 29.5 Å². The Balaban J connectivity index is 1.20. The van der Waals surface area contributed by atoms with Crippen molar-refractivity contribution in [2.45, 2.75) is 45.3 Å². The summed E-state index contributed by atoms with van der Waals surface area (Å²) in [5.74, 6) is 0.480. The molecule has 2 fully saturated rings. The molecule has 222 valence electrons. The Morgan fingerprint density at radius 3 is 2.67 bits per heavy atom. The van der Waals surface area contributed by atoms with Gasteiger partial charge < -0.3 is 19.6 Å². The summed E-state index contributed by atoms with van der Waals surface area (Å²) in [5, 5.41) is 33.1. The first-order valence-corrected chi connectivity index (χ1v) is 14.5. The van der Waals surface area contributed by atoms with Crippen molar-refractivity contribution >= 4 is 17.3 Å². The predicted octanol–water partition coefficient (Wildman–Crippen LogP) is 2.31. The Morgan fingerprint density at radius 2 is 2.00 bits per heavy atom. The summed E-state index contributed by atoms with van der Waals surface area (Å²) in [6.45, 7) is 5.76. The highest BCUT2D eigenvalue weighted by Crippen LogP contribution is 2.34. The van der Waals surface area contributed by atoms with Crippen molar-refractivity contribution in [3.63, 3.8) is 0 Å². The fourth-order valence-corrected chi connectivity index (χ4v) is 5.90. The van der Waals surface area contributed by atoms with E-state index in [1.165, 1.54) is 6.20 Å². The number of carbonyl (C=O) groups excluding carboxylic acids is 2. The summed E-state index contributed by atoms with van der Waals surface area (Å²) in [5.41, 5.74) is 3.58. The van der Waals surface area contributed by atoms with E-state index in [1.54, 1.807) is 40.0 Å². The van der Waals surface area contributed by atoms with Crippen LogP contribution in [0.4, 0.5) is 0 Å². The minimum absolute atomic E-state index is 0.0853. The van der Waals surface area contributed by atoms with Gasteiger partial charge in [-0.05, 0) is 38.0 Å². The zero-order valence-corrected chi connectivity index (χ0v) is 24.1. The van der Waals surface area contributed by atoms with E-state index in [4.69, 9.17) is 4.74 Å². The summed E-state index contributed by atoms with van der Waals surface area (Å²) in [7, 11) is 0. The number of nitrogens with zero attached hydrogens (tertiary/aromatic N) is 9. The number of carbonyl (C=O) groups is 2. The van der Waals surface area contributed by atoms with Gasteiger partial charge >= 0.3 is 0 Å². The maximum absolute atomic E-state index is 13.0. The molecule has 0 aromatic carbocycles. The maximum atomic E-state index is 13.0. The third kappa shape index (κ3) is 5.30. The highest BCUT2D eigenvalue weighted by molar-refractivity contribution is 5.84. The van der Waals surface area contributed by atoms with Crippen molar-refractivity contribution in [2.75, 3.05) is 32.8 Å². The molecule has 0 aliphatic carbocycles. The number of nitriles is 1. The number of ether oxygens (including phenoxy) is 1. The van der Waals surface area contributed by atoms with Gasteiger partial charge in [-0.25, -0.2) is 9.20 Å². The second-order valence-electron chi connectivity index (χ2n) is 11.0. The first kappa shape index (κ1) is 28.3. The number of pyridine rings is 2. The zero-order valence-electron chi connectivity index (χ0n) is 24.1. The molecule has 13 heteroatoms. The van der Waals surface area contributed by atoms with E-state index in [9.17, 15) is 20.0 Å². The molecule has 2 amide bonds. The fourth-order valence-electron chi connectivity index (χ4n) is 5.90. The molecule has 1 unspecified atom stereocenters. The second kappa shape index (κ2) is 11.8. The topological polar surface area (TPSA) is 155 Å². The quantitative estimate of drug-likeness (QED) is 0.329. The van der Waals surface area contributed by atoms with Crippen molar-refractivity contribution in [1.82, 2.24) is 39.4 Å². The van der Waals surface area contributed by atoms with Gasteiger partial charge in [0.05, 0.1) is 36.2 Å². The standard InChI is InChI=1S/C30H33N9O4/c1-3-27(41)37-15-22(16-37)30(42)36-10-7-23(8-11-36)39-19(2)28(34-35-39)20-12-25(29-21(13-31)14-33-38(29)17-20)43-26(18-40)24-6-4-5-9-32-24/h4-6,9,12,14,17,22-23,26,40H,3,7-8,10-11,15-16,18H2,1-2H3. The second-order valence-corrected chi connectivity index (χ2v) is 11.0. The van der Waals surface area contributed by atoms with Gasteiger partial charge in [0.25, 0.3) is 0 Å². The van der Waals surface area contributed by atoms with Gasteiger partial charge in [0.2, 0.25) is 11.8 Å². The van der Waals surface area contributed by atoms with Crippen LogP contribution < -0.4 is 4.74 Å². The predicted molar refractivity (Wildman–Crippen MR) is 154 cm³/mol. The van der Waals surface area contributed by atoms with Crippen molar-refractivity contribution in [3.05, 3.63) is 59.8 Å². The van der Waals surface area contributed by atoms with Crippen LogP contribution in [0.2, 0.25) is 0 Å². The highest BCUT2D eigenvalue weighted by Gasteiger charge is 2.38. The molecule has 4 aromatic rings. The average Bonchev–Trinajstić information content (AvgIpc) is 3.62. The van der Waals surface area contributed by atoms with E-state index in [0.717, 1.165) is 18.5 Å². The lowest BCUT2D eigenvalue weighted by Gasteiger charge is -2.42. The van der Waals surface area contributed by atoms with E-state index in [0.29, 0.717) is 66.4 Å². The van der Waals surface area contributed by atoms with Gasteiger partial charge in [-0.1, -0.05) is 18.2 Å². The molecule has 1 atom stereocenters. The largest absolute Gasteiger partial charge is 0.479 e. The Morgan fingerprint density at radius 1 is 1.21 bits per heavy atom. The highest BCUT2D eigenvalue weighted by atomic mass is 16.5. The van der Waals surface area contributed by atoms with Gasteiger partial charge in [0, 0.05) is 50.6 Å². The van der Waals surface area contributed by atoms with E-state index in [2.05, 4.69) is 26.5 Å². The third-order valence-electron chi connectivity index (χ3n) is 8.36. The summed E-state index contributed by atoms with van der Waals surface area (Å²) in [6.07, 6.45) is 6.10. The van der Waals surface area contributed by atoms with Crippen LogP contribution in [0, 0.1) is 24.2 Å². The first-order chi connectivity index (χ1) is 20.9. The van der Waals surface area contributed by atoms with E-state index >= 15 is 0 Å². The Bertz CT molecular complexity index is 1680. The number of piperidine rings is 1. The normalized spacial score (nSPS) is 16.6. The molecule has 4 aromatic heterocycles. The smallest absolute Gasteiger partial charge is 0.229 e. The molecule has 2 aliphatic rings. The first-order valence-electron chi connectivity index (χ1n) is 14.5. The molecule has 0 bridgehead atoms. The van der Waals surface area contributed by atoms with Gasteiger partial charge in [-0.15, -0.1) is 5.10 Å². The lowest BCUT2D eigenvalue weighted by Crippen LogP contribution is -2.57. The van der Waals surface area contributed by atoms with Crippen LogP contribution in [-0.2, 0) is 9.59 Å². The average molecular weight is 584 g/mol. The molecular formula is C30H33N9O4. The molecule has 6 heterocycles. The van der Waals surface area contributed by atoms with Crippen molar-refractivity contribution in [3.8, 4) is 23.1 Å². The van der Waals surface area contributed by atoms with Crippen LogP contribution in [0.5, 0.6) is 5.75 Å². The molecule has 13 nitrogen and oxygen atoms in total. The summed E-state index contributed by atoms with van der Waals surface area (Å²) < 4.78 is 9.74. The van der Waals surface area contributed by atoms with Gasteiger partial charge in [-0.3, -0.25) is 14.6 Å². The molecule has 0 saturated carbocycles. The van der Waals surface area contributed by atoms with Gasteiger partial charge in [0.15, 0.2) is 6.10 Å². The zero-order chi connectivity index (χ0) is 30.1.